The lowest BCUT2D eigenvalue weighted by molar-refractivity contribution is -0.122. The molecule has 0 bridgehead atoms. The van der Waals surface area contributed by atoms with Gasteiger partial charge in [-0.3, -0.25) is 4.79 Å². The SMILES string of the molecule is CCCCNS(=O)(=O)c1cccc(NC(=O)C2(N)CCCCC2)c1. The van der Waals surface area contributed by atoms with E-state index >= 15 is 0 Å². The first kappa shape index (κ1) is 18.9. The molecule has 0 spiro atoms. The number of rotatable bonds is 7. The highest BCUT2D eigenvalue weighted by atomic mass is 32.2. The summed E-state index contributed by atoms with van der Waals surface area (Å²) in [6.45, 7) is 2.40. The maximum Gasteiger partial charge on any atom is 0.244 e. The lowest BCUT2D eigenvalue weighted by Crippen LogP contribution is -2.52. The highest BCUT2D eigenvalue weighted by Crippen LogP contribution is 2.27. The summed E-state index contributed by atoms with van der Waals surface area (Å²) in [5.41, 5.74) is 5.81. The number of amides is 1. The van der Waals surface area contributed by atoms with E-state index in [1.54, 1.807) is 12.1 Å². The summed E-state index contributed by atoms with van der Waals surface area (Å²) in [4.78, 5) is 12.6. The summed E-state index contributed by atoms with van der Waals surface area (Å²) >= 11 is 0. The van der Waals surface area contributed by atoms with Gasteiger partial charge in [0, 0.05) is 12.2 Å². The van der Waals surface area contributed by atoms with Crippen molar-refractivity contribution in [3.63, 3.8) is 0 Å². The third-order valence-corrected chi connectivity index (χ3v) is 5.88. The Hall–Kier alpha value is -1.44. The predicted molar refractivity (Wildman–Crippen MR) is 95.2 cm³/mol. The molecule has 1 amide bonds. The molecular formula is C17H27N3O3S. The van der Waals surface area contributed by atoms with Gasteiger partial charge in [-0.1, -0.05) is 38.7 Å². The second-order valence-electron chi connectivity index (χ2n) is 6.45. The van der Waals surface area contributed by atoms with Crippen molar-refractivity contribution < 1.29 is 13.2 Å². The third kappa shape index (κ3) is 4.78. The summed E-state index contributed by atoms with van der Waals surface area (Å²) in [7, 11) is -3.56. The van der Waals surface area contributed by atoms with Gasteiger partial charge in [-0.05, 0) is 37.5 Å². The van der Waals surface area contributed by atoms with Crippen molar-refractivity contribution in [2.75, 3.05) is 11.9 Å². The monoisotopic (exact) mass is 353 g/mol. The topological polar surface area (TPSA) is 101 Å². The van der Waals surface area contributed by atoms with Gasteiger partial charge >= 0.3 is 0 Å². The molecule has 2 rings (SSSR count). The lowest BCUT2D eigenvalue weighted by atomic mass is 9.82. The number of benzene rings is 1. The zero-order valence-electron chi connectivity index (χ0n) is 14.2. The van der Waals surface area contributed by atoms with E-state index in [0.29, 0.717) is 25.1 Å². The van der Waals surface area contributed by atoms with Crippen LogP contribution in [-0.4, -0.2) is 26.4 Å². The van der Waals surface area contributed by atoms with E-state index in [0.717, 1.165) is 32.1 Å². The fraction of sp³-hybridized carbons (Fsp3) is 0.588. The van der Waals surface area contributed by atoms with Gasteiger partial charge in [-0.2, -0.15) is 0 Å². The van der Waals surface area contributed by atoms with E-state index in [9.17, 15) is 13.2 Å². The molecule has 1 aromatic carbocycles. The summed E-state index contributed by atoms with van der Waals surface area (Å²) in [6, 6.07) is 6.28. The Bertz CT molecular complexity index is 667. The molecule has 0 aliphatic heterocycles. The van der Waals surface area contributed by atoms with Crippen molar-refractivity contribution in [2.45, 2.75) is 62.3 Å². The smallest absolute Gasteiger partial charge is 0.244 e. The second-order valence-corrected chi connectivity index (χ2v) is 8.22. The fourth-order valence-electron chi connectivity index (χ4n) is 2.87. The van der Waals surface area contributed by atoms with Gasteiger partial charge in [0.1, 0.15) is 0 Å². The molecule has 6 nitrogen and oxygen atoms in total. The number of unbranched alkanes of at least 4 members (excludes halogenated alkanes) is 1. The van der Waals surface area contributed by atoms with Gasteiger partial charge in [0.05, 0.1) is 10.4 Å². The van der Waals surface area contributed by atoms with Crippen LogP contribution >= 0.6 is 0 Å². The Balaban J connectivity index is 2.08. The summed E-state index contributed by atoms with van der Waals surface area (Å²) < 4.78 is 27.1. The normalized spacial score (nSPS) is 17.4. The van der Waals surface area contributed by atoms with Crippen LogP contribution in [0.1, 0.15) is 51.9 Å². The van der Waals surface area contributed by atoms with Gasteiger partial charge in [0.2, 0.25) is 15.9 Å². The molecule has 0 unspecified atom stereocenters. The molecule has 1 saturated carbocycles. The molecule has 0 heterocycles. The molecule has 1 aliphatic carbocycles. The van der Waals surface area contributed by atoms with Gasteiger partial charge in [0.15, 0.2) is 0 Å². The Morgan fingerprint density at radius 2 is 1.96 bits per heavy atom. The zero-order chi connectivity index (χ0) is 17.6. The molecule has 24 heavy (non-hydrogen) atoms. The molecule has 1 aliphatic rings. The van der Waals surface area contributed by atoms with Gasteiger partial charge in [0.25, 0.3) is 0 Å². The first-order valence-corrected chi connectivity index (χ1v) is 10.1. The van der Waals surface area contributed by atoms with Crippen LogP contribution in [0.5, 0.6) is 0 Å². The molecule has 134 valence electrons. The average molecular weight is 353 g/mol. The van der Waals surface area contributed by atoms with Crippen LogP contribution in [0.4, 0.5) is 5.69 Å². The number of nitrogens with one attached hydrogen (secondary N) is 2. The first-order chi connectivity index (χ1) is 11.4. The largest absolute Gasteiger partial charge is 0.324 e. The highest BCUT2D eigenvalue weighted by molar-refractivity contribution is 7.89. The van der Waals surface area contributed by atoms with Crippen LogP contribution in [0.3, 0.4) is 0 Å². The highest BCUT2D eigenvalue weighted by Gasteiger charge is 2.35. The van der Waals surface area contributed by atoms with Crippen LogP contribution in [0.25, 0.3) is 0 Å². The Labute approximate surface area is 144 Å². The number of carbonyl (C=O) groups excluding carboxylic acids is 1. The van der Waals surface area contributed by atoms with Gasteiger partial charge in [-0.25, -0.2) is 13.1 Å². The predicted octanol–water partition coefficient (Wildman–Crippen LogP) is 2.37. The summed E-state index contributed by atoms with van der Waals surface area (Å²) in [5, 5.41) is 2.78. The van der Waals surface area contributed by atoms with E-state index < -0.39 is 15.6 Å². The second kappa shape index (κ2) is 8.09. The van der Waals surface area contributed by atoms with Crippen molar-refractivity contribution in [3.8, 4) is 0 Å². The fourth-order valence-corrected chi connectivity index (χ4v) is 3.99. The van der Waals surface area contributed by atoms with Crippen LogP contribution in [-0.2, 0) is 14.8 Å². The molecular weight excluding hydrogens is 326 g/mol. The van der Waals surface area contributed by atoms with Crippen LogP contribution in [0.2, 0.25) is 0 Å². The number of nitrogens with two attached hydrogens (primary N) is 1. The molecule has 0 radical (unpaired) electrons. The maximum atomic E-state index is 12.5. The third-order valence-electron chi connectivity index (χ3n) is 4.42. The molecule has 1 aromatic rings. The number of carbonyl (C=O) groups is 1. The number of hydrogen-bond acceptors (Lipinski definition) is 4. The van der Waals surface area contributed by atoms with E-state index in [4.69, 9.17) is 5.73 Å². The van der Waals surface area contributed by atoms with Crippen molar-refractivity contribution in [1.82, 2.24) is 4.72 Å². The van der Waals surface area contributed by atoms with Crippen molar-refractivity contribution in [1.29, 1.82) is 0 Å². The maximum absolute atomic E-state index is 12.5. The standard InChI is InChI=1S/C17H27N3O3S/c1-2-3-12-19-24(22,23)15-9-7-8-14(13-15)20-16(21)17(18)10-5-4-6-11-17/h7-9,13,19H,2-6,10-12,18H2,1H3,(H,20,21). The molecule has 1 fully saturated rings. The Morgan fingerprint density at radius 1 is 1.25 bits per heavy atom. The van der Waals surface area contributed by atoms with Gasteiger partial charge in [-0.15, -0.1) is 0 Å². The van der Waals surface area contributed by atoms with Crippen molar-refractivity contribution >= 4 is 21.6 Å². The minimum atomic E-state index is -3.56. The van der Waals surface area contributed by atoms with Crippen LogP contribution in [0.15, 0.2) is 29.2 Å². The van der Waals surface area contributed by atoms with Crippen LogP contribution in [0, 0.1) is 0 Å². The van der Waals surface area contributed by atoms with Gasteiger partial charge < -0.3 is 11.1 Å². The minimum absolute atomic E-state index is 0.145. The number of anilines is 1. The zero-order valence-corrected chi connectivity index (χ0v) is 15.0. The van der Waals surface area contributed by atoms with E-state index in [1.807, 2.05) is 6.92 Å². The van der Waals surface area contributed by atoms with Crippen molar-refractivity contribution in [2.24, 2.45) is 5.73 Å². The Kier molecular flexibility index (Phi) is 6.37. The van der Waals surface area contributed by atoms with Crippen LogP contribution < -0.4 is 15.8 Å². The van der Waals surface area contributed by atoms with E-state index in [-0.39, 0.29) is 10.8 Å². The lowest BCUT2D eigenvalue weighted by Gasteiger charge is -2.31. The number of sulfonamides is 1. The number of hydrogen-bond donors (Lipinski definition) is 3. The quantitative estimate of drug-likeness (QED) is 0.655. The average Bonchev–Trinajstić information content (AvgIpc) is 2.56. The summed E-state index contributed by atoms with van der Waals surface area (Å²) in [6.07, 6.45) is 6.01. The molecule has 7 heteroatoms. The van der Waals surface area contributed by atoms with E-state index in [1.165, 1.54) is 12.1 Å². The van der Waals surface area contributed by atoms with Crippen molar-refractivity contribution in [3.05, 3.63) is 24.3 Å². The van der Waals surface area contributed by atoms with E-state index in [2.05, 4.69) is 10.0 Å². The molecule has 4 N–H and O–H groups in total. The summed E-state index contributed by atoms with van der Waals surface area (Å²) in [5.74, 6) is -0.240. The first-order valence-electron chi connectivity index (χ1n) is 8.57. The molecule has 0 atom stereocenters. The minimum Gasteiger partial charge on any atom is -0.324 e. The molecule has 0 aromatic heterocycles. The molecule has 0 saturated heterocycles. The Morgan fingerprint density at radius 3 is 2.62 bits per heavy atom.